The summed E-state index contributed by atoms with van der Waals surface area (Å²) in [6.07, 6.45) is 1.65. The number of carbonyl (C=O) groups excluding carboxylic acids is 1. The van der Waals surface area contributed by atoms with Gasteiger partial charge in [-0.05, 0) is 37.3 Å². The minimum atomic E-state index is -0.501. The molecule has 0 aliphatic rings. The van der Waals surface area contributed by atoms with E-state index in [0.29, 0.717) is 39.7 Å². The second-order valence-corrected chi connectivity index (χ2v) is 5.51. The Morgan fingerprint density at radius 2 is 2.08 bits per heavy atom. The molecule has 0 fully saturated rings. The SMILES string of the molecule is COc1ncccc1-c1nnc2c(C)nc3cc(C(N)=O)ccc3n12. The quantitative estimate of drug-likeness (QED) is 0.611. The molecule has 0 spiro atoms. The van der Waals surface area contributed by atoms with E-state index in [1.54, 1.807) is 37.6 Å². The van der Waals surface area contributed by atoms with Gasteiger partial charge in [-0.1, -0.05) is 0 Å². The molecule has 8 heteroatoms. The molecular formula is C17H14N6O2. The van der Waals surface area contributed by atoms with Gasteiger partial charge in [-0.2, -0.15) is 0 Å². The van der Waals surface area contributed by atoms with E-state index >= 15 is 0 Å². The fourth-order valence-corrected chi connectivity index (χ4v) is 2.83. The van der Waals surface area contributed by atoms with Crippen molar-refractivity contribution in [1.82, 2.24) is 24.6 Å². The molecule has 4 rings (SSSR count). The highest BCUT2D eigenvalue weighted by Gasteiger charge is 2.18. The maximum Gasteiger partial charge on any atom is 0.248 e. The van der Waals surface area contributed by atoms with E-state index in [4.69, 9.17) is 10.5 Å². The number of benzene rings is 1. The minimum absolute atomic E-state index is 0.396. The molecule has 0 atom stereocenters. The zero-order valence-electron chi connectivity index (χ0n) is 13.6. The standard InChI is InChI=1S/C17H14N6O2/c1-9-15-21-22-16(11-4-3-7-19-17(11)25-2)23(15)13-6-5-10(14(18)24)8-12(13)20-9/h3-8H,1-2H3,(H2,18,24). The molecule has 1 aromatic carbocycles. The van der Waals surface area contributed by atoms with Crippen LogP contribution in [0.5, 0.6) is 5.88 Å². The predicted octanol–water partition coefficient (Wildman–Crippen LogP) is 1.76. The molecule has 124 valence electrons. The lowest BCUT2D eigenvalue weighted by molar-refractivity contribution is 0.100. The van der Waals surface area contributed by atoms with Crippen molar-refractivity contribution in [2.45, 2.75) is 6.92 Å². The summed E-state index contributed by atoms with van der Waals surface area (Å²) in [5.74, 6) is 0.537. The third-order valence-corrected chi connectivity index (χ3v) is 3.98. The number of ether oxygens (including phenoxy) is 1. The summed E-state index contributed by atoms with van der Waals surface area (Å²) in [7, 11) is 1.55. The lowest BCUT2D eigenvalue weighted by Gasteiger charge is -2.09. The summed E-state index contributed by atoms with van der Waals surface area (Å²) >= 11 is 0. The first-order valence-electron chi connectivity index (χ1n) is 7.55. The Labute approximate surface area is 142 Å². The largest absolute Gasteiger partial charge is 0.480 e. The molecule has 0 aliphatic heterocycles. The molecule has 1 amide bonds. The fourth-order valence-electron chi connectivity index (χ4n) is 2.83. The first kappa shape index (κ1) is 15.0. The number of hydrogen-bond acceptors (Lipinski definition) is 6. The smallest absolute Gasteiger partial charge is 0.248 e. The summed E-state index contributed by atoms with van der Waals surface area (Å²) in [5.41, 5.74) is 9.18. The van der Waals surface area contributed by atoms with E-state index < -0.39 is 5.91 Å². The van der Waals surface area contributed by atoms with Gasteiger partial charge in [0.15, 0.2) is 11.5 Å². The summed E-state index contributed by atoms with van der Waals surface area (Å²) in [5, 5.41) is 8.56. The molecule has 0 saturated heterocycles. The summed E-state index contributed by atoms with van der Waals surface area (Å²) in [6.45, 7) is 1.84. The van der Waals surface area contributed by atoms with Crippen LogP contribution in [0.1, 0.15) is 16.1 Å². The van der Waals surface area contributed by atoms with Crippen LogP contribution in [0.3, 0.4) is 0 Å². The van der Waals surface area contributed by atoms with E-state index in [0.717, 1.165) is 5.52 Å². The van der Waals surface area contributed by atoms with Gasteiger partial charge in [-0.15, -0.1) is 10.2 Å². The van der Waals surface area contributed by atoms with Crippen LogP contribution in [-0.4, -0.2) is 37.6 Å². The van der Waals surface area contributed by atoms with E-state index in [2.05, 4.69) is 20.2 Å². The molecule has 8 nitrogen and oxygen atoms in total. The number of nitrogens with zero attached hydrogens (tertiary/aromatic N) is 5. The van der Waals surface area contributed by atoms with Gasteiger partial charge in [0.2, 0.25) is 11.8 Å². The number of methoxy groups -OCH3 is 1. The number of rotatable bonds is 3. The molecule has 0 saturated carbocycles. The molecule has 0 aliphatic carbocycles. The van der Waals surface area contributed by atoms with Crippen LogP contribution in [0.25, 0.3) is 28.1 Å². The number of hydrogen-bond donors (Lipinski definition) is 1. The number of pyridine rings is 1. The Balaban J connectivity index is 2.10. The number of nitrogens with two attached hydrogens (primary N) is 1. The lowest BCUT2D eigenvalue weighted by atomic mass is 10.1. The first-order chi connectivity index (χ1) is 12.1. The van der Waals surface area contributed by atoms with Crippen molar-refractivity contribution in [2.75, 3.05) is 7.11 Å². The van der Waals surface area contributed by atoms with Gasteiger partial charge in [-0.3, -0.25) is 9.20 Å². The number of amides is 1. The van der Waals surface area contributed by atoms with Crippen molar-refractivity contribution in [2.24, 2.45) is 5.73 Å². The first-order valence-corrected chi connectivity index (χ1v) is 7.55. The highest BCUT2D eigenvalue weighted by Crippen LogP contribution is 2.29. The number of aryl methyl sites for hydroxylation is 1. The van der Waals surface area contributed by atoms with Gasteiger partial charge >= 0.3 is 0 Å². The maximum absolute atomic E-state index is 11.5. The average molecular weight is 334 g/mol. The monoisotopic (exact) mass is 334 g/mol. The van der Waals surface area contributed by atoms with Crippen LogP contribution in [0.2, 0.25) is 0 Å². The molecule has 0 bridgehead atoms. The molecule has 3 heterocycles. The average Bonchev–Trinajstić information content (AvgIpc) is 3.07. The molecule has 3 aromatic heterocycles. The number of primary amides is 1. The second kappa shape index (κ2) is 5.52. The number of fused-ring (bicyclic) bond motifs is 3. The number of carbonyl (C=O) groups is 1. The maximum atomic E-state index is 11.5. The van der Waals surface area contributed by atoms with Gasteiger partial charge in [-0.25, -0.2) is 9.97 Å². The van der Waals surface area contributed by atoms with Crippen molar-refractivity contribution in [1.29, 1.82) is 0 Å². The molecule has 2 N–H and O–H groups in total. The Morgan fingerprint density at radius 3 is 2.84 bits per heavy atom. The van der Waals surface area contributed by atoms with E-state index in [9.17, 15) is 4.79 Å². The second-order valence-electron chi connectivity index (χ2n) is 5.51. The molecule has 25 heavy (non-hydrogen) atoms. The van der Waals surface area contributed by atoms with Gasteiger partial charge in [0, 0.05) is 11.8 Å². The van der Waals surface area contributed by atoms with Crippen molar-refractivity contribution in [3.05, 3.63) is 47.8 Å². The Bertz CT molecular complexity index is 1130. The third-order valence-electron chi connectivity index (χ3n) is 3.98. The van der Waals surface area contributed by atoms with Gasteiger partial charge in [0.1, 0.15) is 0 Å². The van der Waals surface area contributed by atoms with Crippen molar-refractivity contribution in [3.8, 4) is 17.3 Å². The Kier molecular flexibility index (Phi) is 3.31. The zero-order valence-corrected chi connectivity index (χ0v) is 13.6. The van der Waals surface area contributed by atoms with Crippen molar-refractivity contribution < 1.29 is 9.53 Å². The highest BCUT2D eigenvalue weighted by atomic mass is 16.5. The van der Waals surface area contributed by atoms with Crippen molar-refractivity contribution in [3.63, 3.8) is 0 Å². The Hall–Kier alpha value is -3.55. The normalized spacial score (nSPS) is 11.1. The van der Waals surface area contributed by atoms with Crippen molar-refractivity contribution >= 4 is 22.6 Å². The molecular weight excluding hydrogens is 320 g/mol. The van der Waals surface area contributed by atoms with Crippen LogP contribution in [0, 0.1) is 6.92 Å². The van der Waals surface area contributed by atoms with Gasteiger partial charge < -0.3 is 10.5 Å². The molecule has 4 aromatic rings. The van der Waals surface area contributed by atoms with Crippen LogP contribution in [0.15, 0.2) is 36.5 Å². The summed E-state index contributed by atoms with van der Waals surface area (Å²) in [4.78, 5) is 20.2. The summed E-state index contributed by atoms with van der Waals surface area (Å²) < 4.78 is 7.22. The van der Waals surface area contributed by atoms with Gasteiger partial charge in [0.05, 0.1) is 29.4 Å². The predicted molar refractivity (Wildman–Crippen MR) is 91.3 cm³/mol. The van der Waals surface area contributed by atoms with E-state index in [-0.39, 0.29) is 0 Å². The highest BCUT2D eigenvalue weighted by molar-refractivity contribution is 5.96. The number of aromatic nitrogens is 5. The summed E-state index contributed by atoms with van der Waals surface area (Å²) in [6, 6.07) is 8.77. The third kappa shape index (κ3) is 2.26. The van der Waals surface area contributed by atoms with Crippen LogP contribution in [0.4, 0.5) is 0 Å². The van der Waals surface area contributed by atoms with Crippen LogP contribution in [-0.2, 0) is 0 Å². The topological polar surface area (TPSA) is 108 Å². The fraction of sp³-hybridized carbons (Fsp3) is 0.118. The Morgan fingerprint density at radius 1 is 1.24 bits per heavy atom. The van der Waals surface area contributed by atoms with E-state index in [1.165, 1.54) is 0 Å². The van der Waals surface area contributed by atoms with E-state index in [1.807, 2.05) is 17.4 Å². The molecule has 0 unspecified atom stereocenters. The zero-order chi connectivity index (χ0) is 17.6. The van der Waals surface area contributed by atoms with Crippen LogP contribution < -0.4 is 10.5 Å². The minimum Gasteiger partial charge on any atom is -0.480 e. The van der Waals surface area contributed by atoms with Crippen LogP contribution >= 0.6 is 0 Å². The molecule has 0 radical (unpaired) electrons. The lowest BCUT2D eigenvalue weighted by Crippen LogP contribution is -2.11. The van der Waals surface area contributed by atoms with Gasteiger partial charge in [0.25, 0.3) is 0 Å².